The summed E-state index contributed by atoms with van der Waals surface area (Å²) in [6.45, 7) is 0.503. The van der Waals surface area contributed by atoms with Crippen LogP contribution < -0.4 is 5.32 Å². The van der Waals surface area contributed by atoms with Gasteiger partial charge in [0.1, 0.15) is 0 Å². The SMILES string of the molecule is [N-]=[N+]=NCCCS(=O)(=NC(=O)NCc1ccccc1)c1ccc(Br)cc1. The van der Waals surface area contributed by atoms with Crippen LogP contribution in [0.5, 0.6) is 0 Å². The summed E-state index contributed by atoms with van der Waals surface area (Å²) in [6, 6.07) is 15.6. The summed E-state index contributed by atoms with van der Waals surface area (Å²) in [5.41, 5.74) is 9.29. The van der Waals surface area contributed by atoms with Gasteiger partial charge in [-0.3, -0.25) is 0 Å². The van der Waals surface area contributed by atoms with Gasteiger partial charge >= 0.3 is 6.03 Å². The van der Waals surface area contributed by atoms with Crippen molar-refractivity contribution in [2.45, 2.75) is 17.9 Å². The Kier molecular flexibility index (Phi) is 7.65. The smallest absolute Gasteiger partial charge is 0.332 e. The zero-order valence-corrected chi connectivity index (χ0v) is 16.3. The first-order chi connectivity index (χ1) is 12.5. The molecule has 0 aliphatic rings. The summed E-state index contributed by atoms with van der Waals surface area (Å²) in [7, 11) is -2.96. The van der Waals surface area contributed by atoms with E-state index in [1.165, 1.54) is 0 Å². The average molecular weight is 436 g/mol. The number of amides is 2. The number of nitrogens with one attached hydrogen (secondary N) is 1. The molecular formula is C17H18BrN5O2S. The molecule has 136 valence electrons. The molecular weight excluding hydrogens is 418 g/mol. The standard InChI is InChI=1S/C17H18BrN5O2S/c18-15-7-9-16(10-8-15)26(25,12-4-11-21-23-19)22-17(24)20-13-14-5-2-1-3-6-14/h1-3,5-10H,4,11-13H2,(H,20,24). The van der Waals surface area contributed by atoms with E-state index in [-0.39, 0.29) is 12.3 Å². The van der Waals surface area contributed by atoms with Crippen LogP contribution in [0.2, 0.25) is 0 Å². The number of rotatable bonds is 7. The highest BCUT2D eigenvalue weighted by molar-refractivity contribution is 9.10. The topological polar surface area (TPSA) is 107 Å². The van der Waals surface area contributed by atoms with Crippen molar-refractivity contribution in [1.82, 2.24) is 5.32 Å². The van der Waals surface area contributed by atoms with Crippen LogP contribution in [0.4, 0.5) is 4.79 Å². The molecule has 0 spiro atoms. The number of nitrogens with zero attached hydrogens (tertiary/aromatic N) is 4. The second-order valence-corrected chi connectivity index (χ2v) is 8.60. The highest BCUT2D eigenvalue weighted by Gasteiger charge is 2.15. The average Bonchev–Trinajstić information content (AvgIpc) is 2.65. The lowest BCUT2D eigenvalue weighted by Gasteiger charge is -2.10. The van der Waals surface area contributed by atoms with Gasteiger partial charge in [0.15, 0.2) is 0 Å². The normalized spacial score (nSPS) is 12.5. The Balaban J connectivity index is 2.19. The van der Waals surface area contributed by atoms with Gasteiger partial charge in [0.25, 0.3) is 0 Å². The van der Waals surface area contributed by atoms with E-state index >= 15 is 0 Å². The summed E-state index contributed by atoms with van der Waals surface area (Å²) in [5, 5.41) is 6.10. The molecule has 1 atom stereocenters. The van der Waals surface area contributed by atoms with Gasteiger partial charge in [-0.25, -0.2) is 9.00 Å². The molecule has 0 aliphatic heterocycles. The summed E-state index contributed by atoms with van der Waals surface area (Å²) in [5.74, 6) is 0.131. The van der Waals surface area contributed by atoms with Crippen molar-refractivity contribution < 1.29 is 9.00 Å². The monoisotopic (exact) mass is 435 g/mol. The molecule has 0 bridgehead atoms. The zero-order chi connectivity index (χ0) is 18.8. The summed E-state index contributed by atoms with van der Waals surface area (Å²) in [4.78, 5) is 15.4. The Morgan fingerprint density at radius 2 is 1.85 bits per heavy atom. The van der Waals surface area contributed by atoms with Gasteiger partial charge in [-0.15, -0.1) is 4.36 Å². The van der Waals surface area contributed by atoms with Gasteiger partial charge in [0.2, 0.25) is 0 Å². The molecule has 0 radical (unpaired) electrons. The first kappa shape index (κ1) is 20.0. The van der Waals surface area contributed by atoms with Gasteiger partial charge in [-0.2, -0.15) is 0 Å². The molecule has 0 saturated heterocycles. The van der Waals surface area contributed by atoms with Crippen LogP contribution in [-0.4, -0.2) is 22.5 Å². The van der Waals surface area contributed by atoms with Crippen molar-refractivity contribution in [3.05, 3.63) is 75.1 Å². The molecule has 2 amide bonds. The van der Waals surface area contributed by atoms with E-state index in [0.29, 0.717) is 17.9 Å². The molecule has 1 unspecified atom stereocenters. The predicted molar refractivity (Wildman–Crippen MR) is 105 cm³/mol. The summed E-state index contributed by atoms with van der Waals surface area (Å²) < 4.78 is 18.1. The third-order valence-corrected chi connectivity index (χ3v) is 6.28. The second kappa shape index (κ2) is 9.96. The molecule has 2 aromatic carbocycles. The second-order valence-electron chi connectivity index (χ2n) is 5.34. The Morgan fingerprint density at radius 1 is 1.15 bits per heavy atom. The van der Waals surface area contributed by atoms with Crippen molar-refractivity contribution in [2.24, 2.45) is 9.48 Å². The molecule has 0 aliphatic carbocycles. The van der Waals surface area contributed by atoms with E-state index in [1.807, 2.05) is 30.3 Å². The van der Waals surface area contributed by atoms with Crippen molar-refractivity contribution in [2.75, 3.05) is 12.3 Å². The van der Waals surface area contributed by atoms with E-state index in [0.717, 1.165) is 10.0 Å². The lowest BCUT2D eigenvalue weighted by molar-refractivity contribution is 0.249. The van der Waals surface area contributed by atoms with Gasteiger partial charge < -0.3 is 5.32 Å². The Bertz CT molecular complexity index is 903. The van der Waals surface area contributed by atoms with E-state index in [1.54, 1.807) is 24.3 Å². The maximum atomic E-state index is 13.3. The number of benzene rings is 2. The van der Waals surface area contributed by atoms with Crippen LogP contribution in [-0.2, 0) is 16.3 Å². The van der Waals surface area contributed by atoms with Gasteiger partial charge in [0, 0.05) is 33.1 Å². The Morgan fingerprint density at radius 3 is 2.50 bits per heavy atom. The third-order valence-electron chi connectivity index (χ3n) is 3.44. The highest BCUT2D eigenvalue weighted by Crippen LogP contribution is 2.19. The first-order valence-electron chi connectivity index (χ1n) is 7.86. The van der Waals surface area contributed by atoms with Crippen LogP contribution in [0.3, 0.4) is 0 Å². The number of carbonyl (C=O) groups excluding carboxylic acids is 1. The maximum absolute atomic E-state index is 13.3. The third kappa shape index (κ3) is 6.18. The van der Waals surface area contributed by atoms with E-state index in [9.17, 15) is 9.00 Å². The molecule has 0 saturated carbocycles. The molecule has 0 heterocycles. The van der Waals surface area contributed by atoms with Gasteiger partial charge in [0.05, 0.1) is 9.73 Å². The van der Waals surface area contributed by atoms with Gasteiger partial charge in [-0.05, 0) is 41.8 Å². The number of halogens is 1. The Labute approximate surface area is 160 Å². The number of urea groups is 1. The zero-order valence-electron chi connectivity index (χ0n) is 13.9. The number of hydrogen-bond donors (Lipinski definition) is 1. The number of carbonyl (C=O) groups is 1. The van der Waals surface area contributed by atoms with E-state index in [4.69, 9.17) is 5.53 Å². The van der Waals surface area contributed by atoms with Gasteiger partial charge in [-0.1, -0.05) is 51.4 Å². The molecule has 2 aromatic rings. The maximum Gasteiger partial charge on any atom is 0.349 e. The molecule has 0 aromatic heterocycles. The van der Waals surface area contributed by atoms with E-state index in [2.05, 4.69) is 35.6 Å². The van der Waals surface area contributed by atoms with Crippen LogP contribution in [0, 0.1) is 0 Å². The molecule has 9 heteroatoms. The molecule has 2 rings (SSSR count). The number of hydrogen-bond acceptors (Lipinski definition) is 3. The molecule has 1 N–H and O–H groups in total. The van der Waals surface area contributed by atoms with Crippen molar-refractivity contribution in [1.29, 1.82) is 0 Å². The molecule has 7 nitrogen and oxygen atoms in total. The highest BCUT2D eigenvalue weighted by atomic mass is 79.9. The fourth-order valence-corrected chi connectivity index (χ4v) is 4.29. The predicted octanol–water partition coefficient (Wildman–Crippen LogP) is 4.89. The fraction of sp³-hybridized carbons (Fsp3) is 0.235. The van der Waals surface area contributed by atoms with E-state index < -0.39 is 15.8 Å². The summed E-state index contributed by atoms with van der Waals surface area (Å²) in [6.07, 6.45) is 0.369. The fourth-order valence-electron chi connectivity index (χ4n) is 2.18. The van der Waals surface area contributed by atoms with Crippen molar-refractivity contribution in [3.63, 3.8) is 0 Å². The molecule has 0 fully saturated rings. The summed E-state index contributed by atoms with van der Waals surface area (Å²) >= 11 is 3.33. The Hall–Kier alpha value is -2.35. The molecule has 26 heavy (non-hydrogen) atoms. The van der Waals surface area contributed by atoms with Crippen LogP contribution >= 0.6 is 15.9 Å². The van der Waals surface area contributed by atoms with Crippen molar-refractivity contribution in [3.8, 4) is 0 Å². The van der Waals surface area contributed by atoms with Crippen LogP contribution in [0.1, 0.15) is 12.0 Å². The van der Waals surface area contributed by atoms with Crippen molar-refractivity contribution >= 4 is 31.7 Å². The minimum Gasteiger partial charge on any atom is -0.332 e. The van der Waals surface area contributed by atoms with Crippen LogP contribution in [0.15, 0.2) is 73.4 Å². The van der Waals surface area contributed by atoms with Crippen LogP contribution in [0.25, 0.3) is 10.4 Å². The first-order valence-corrected chi connectivity index (χ1v) is 10.3. The lowest BCUT2D eigenvalue weighted by Crippen LogP contribution is -2.21. The minimum atomic E-state index is -2.96. The lowest BCUT2D eigenvalue weighted by atomic mass is 10.2. The quantitative estimate of drug-likeness (QED) is 0.289. The largest absolute Gasteiger partial charge is 0.349 e. The number of azide groups is 1. The minimum absolute atomic E-state index is 0.131.